The van der Waals surface area contributed by atoms with Crippen molar-refractivity contribution in [3.63, 3.8) is 0 Å². The summed E-state index contributed by atoms with van der Waals surface area (Å²) in [6, 6.07) is -0.0454. The van der Waals surface area contributed by atoms with Gasteiger partial charge in [-0.05, 0) is 27.2 Å². The maximum Gasteiger partial charge on any atom is 0.220 e. The quantitative estimate of drug-likeness (QED) is 0.861. The monoisotopic (exact) mass is 262 g/mol. The van der Waals surface area contributed by atoms with Gasteiger partial charge in [0, 0.05) is 23.7 Å². The first kappa shape index (κ1) is 13.3. The number of aromatic amines is 1. The van der Waals surface area contributed by atoms with Gasteiger partial charge in [-0.25, -0.2) is 0 Å². The third kappa shape index (κ3) is 3.21. The van der Waals surface area contributed by atoms with E-state index < -0.39 is 0 Å². The van der Waals surface area contributed by atoms with Crippen LogP contribution in [0.15, 0.2) is 16.9 Å². The second kappa shape index (κ2) is 5.69. The highest BCUT2D eigenvalue weighted by molar-refractivity contribution is 5.76. The summed E-state index contributed by atoms with van der Waals surface area (Å²) in [4.78, 5) is 11.9. The highest BCUT2D eigenvalue weighted by Gasteiger charge is 2.13. The summed E-state index contributed by atoms with van der Waals surface area (Å²) in [5.74, 6) is 0.793. The second-order valence-electron chi connectivity index (χ2n) is 4.62. The topological polar surface area (TPSA) is 83.8 Å². The zero-order chi connectivity index (χ0) is 13.8. The van der Waals surface area contributed by atoms with Crippen LogP contribution in [0.3, 0.4) is 0 Å². The van der Waals surface area contributed by atoms with E-state index in [0.29, 0.717) is 12.8 Å². The highest BCUT2D eigenvalue weighted by atomic mass is 16.5. The van der Waals surface area contributed by atoms with Crippen LogP contribution < -0.4 is 5.32 Å². The van der Waals surface area contributed by atoms with E-state index in [9.17, 15) is 4.79 Å². The average molecular weight is 262 g/mol. The molecule has 2 aromatic heterocycles. The number of H-pyrrole nitrogens is 1. The number of hydrogen-bond donors (Lipinski definition) is 2. The Morgan fingerprint density at radius 3 is 2.89 bits per heavy atom. The molecule has 2 rings (SSSR count). The number of nitrogens with one attached hydrogen (secondary N) is 2. The van der Waals surface area contributed by atoms with Gasteiger partial charge in [0.05, 0.1) is 17.9 Å². The third-order valence-electron chi connectivity index (χ3n) is 3.18. The van der Waals surface area contributed by atoms with E-state index in [1.54, 1.807) is 12.4 Å². The van der Waals surface area contributed by atoms with Gasteiger partial charge < -0.3 is 9.84 Å². The van der Waals surface area contributed by atoms with Gasteiger partial charge in [0.2, 0.25) is 5.91 Å². The molecule has 102 valence electrons. The zero-order valence-electron chi connectivity index (χ0n) is 11.4. The lowest BCUT2D eigenvalue weighted by molar-refractivity contribution is -0.121. The number of nitrogens with zero attached hydrogens (tertiary/aromatic N) is 2. The Labute approximate surface area is 111 Å². The summed E-state index contributed by atoms with van der Waals surface area (Å²) < 4.78 is 5.07. The average Bonchev–Trinajstić information content (AvgIpc) is 2.98. The molecule has 6 nitrogen and oxygen atoms in total. The summed E-state index contributed by atoms with van der Waals surface area (Å²) in [6.45, 7) is 5.68. The first-order chi connectivity index (χ1) is 9.08. The molecule has 0 fully saturated rings. The van der Waals surface area contributed by atoms with Gasteiger partial charge in [-0.1, -0.05) is 5.16 Å². The number of carbonyl (C=O) groups excluding carboxylic acids is 1. The normalized spacial score (nSPS) is 12.4. The van der Waals surface area contributed by atoms with Crippen molar-refractivity contribution in [2.45, 2.75) is 39.7 Å². The van der Waals surface area contributed by atoms with Crippen LogP contribution in [-0.2, 0) is 11.2 Å². The van der Waals surface area contributed by atoms with Crippen molar-refractivity contribution in [2.24, 2.45) is 0 Å². The van der Waals surface area contributed by atoms with E-state index in [1.165, 1.54) is 0 Å². The fraction of sp³-hybridized carbons (Fsp3) is 0.462. The molecule has 0 saturated heterocycles. The summed E-state index contributed by atoms with van der Waals surface area (Å²) >= 11 is 0. The molecule has 0 aliphatic carbocycles. The van der Waals surface area contributed by atoms with Crippen molar-refractivity contribution in [2.75, 3.05) is 0 Å². The molecule has 0 spiro atoms. The Morgan fingerprint density at radius 2 is 2.32 bits per heavy atom. The molecule has 0 aliphatic rings. The predicted molar refractivity (Wildman–Crippen MR) is 69.4 cm³/mol. The largest absolute Gasteiger partial charge is 0.361 e. The van der Waals surface area contributed by atoms with E-state index in [1.807, 2.05) is 20.8 Å². The molecule has 0 saturated carbocycles. The minimum atomic E-state index is -0.0454. The molecule has 6 heteroatoms. The van der Waals surface area contributed by atoms with Crippen LogP contribution in [0.25, 0.3) is 0 Å². The van der Waals surface area contributed by atoms with Crippen LogP contribution in [0.2, 0.25) is 0 Å². The number of rotatable bonds is 5. The van der Waals surface area contributed by atoms with Crippen LogP contribution in [0, 0.1) is 13.8 Å². The van der Waals surface area contributed by atoms with Crippen molar-refractivity contribution in [1.29, 1.82) is 0 Å². The molecule has 1 unspecified atom stereocenters. The lowest BCUT2D eigenvalue weighted by Gasteiger charge is -2.11. The van der Waals surface area contributed by atoms with E-state index in [4.69, 9.17) is 4.52 Å². The van der Waals surface area contributed by atoms with E-state index in [0.717, 1.165) is 22.6 Å². The fourth-order valence-corrected chi connectivity index (χ4v) is 1.99. The molecule has 0 radical (unpaired) electrons. The van der Waals surface area contributed by atoms with E-state index >= 15 is 0 Å². The number of hydrogen-bond acceptors (Lipinski definition) is 4. The smallest absolute Gasteiger partial charge is 0.220 e. The van der Waals surface area contributed by atoms with Gasteiger partial charge in [-0.3, -0.25) is 9.89 Å². The Morgan fingerprint density at radius 1 is 1.53 bits per heavy atom. The Kier molecular flexibility index (Phi) is 3.99. The zero-order valence-corrected chi connectivity index (χ0v) is 11.4. The number of carbonyl (C=O) groups is 1. The molecule has 0 aromatic carbocycles. The summed E-state index contributed by atoms with van der Waals surface area (Å²) in [5, 5.41) is 13.4. The summed E-state index contributed by atoms with van der Waals surface area (Å²) in [6.07, 6.45) is 4.55. The second-order valence-corrected chi connectivity index (χ2v) is 4.62. The van der Waals surface area contributed by atoms with Gasteiger partial charge >= 0.3 is 0 Å². The van der Waals surface area contributed by atoms with Gasteiger partial charge in [-0.15, -0.1) is 0 Å². The van der Waals surface area contributed by atoms with Crippen molar-refractivity contribution in [1.82, 2.24) is 20.7 Å². The van der Waals surface area contributed by atoms with E-state index in [2.05, 4.69) is 20.7 Å². The predicted octanol–water partition coefficient (Wildman–Crippen LogP) is 1.82. The molecule has 0 aliphatic heterocycles. The molecular formula is C13H18N4O2. The van der Waals surface area contributed by atoms with Crippen molar-refractivity contribution in [3.8, 4) is 0 Å². The molecule has 19 heavy (non-hydrogen) atoms. The maximum absolute atomic E-state index is 11.9. The van der Waals surface area contributed by atoms with Crippen LogP contribution in [0.4, 0.5) is 0 Å². The number of aromatic nitrogens is 3. The first-order valence-corrected chi connectivity index (χ1v) is 6.27. The summed E-state index contributed by atoms with van der Waals surface area (Å²) in [5.41, 5.74) is 2.84. The van der Waals surface area contributed by atoms with Crippen molar-refractivity contribution >= 4 is 5.91 Å². The Balaban J connectivity index is 1.85. The minimum Gasteiger partial charge on any atom is -0.361 e. The Hall–Kier alpha value is -2.11. The van der Waals surface area contributed by atoms with Crippen LogP contribution in [-0.4, -0.2) is 21.3 Å². The minimum absolute atomic E-state index is 0.00806. The molecule has 1 amide bonds. The standard InChI is InChI=1S/C13H18N4O2/c1-8(11-6-14-15-7-11)16-13(18)5-4-12-9(2)17-19-10(12)3/h6-8H,4-5H2,1-3H3,(H,14,15)(H,16,18). The lowest BCUT2D eigenvalue weighted by atomic mass is 10.1. The number of aryl methyl sites for hydroxylation is 2. The first-order valence-electron chi connectivity index (χ1n) is 6.27. The SMILES string of the molecule is Cc1noc(C)c1CCC(=O)NC(C)c1cn[nH]c1. The molecular weight excluding hydrogens is 244 g/mol. The van der Waals surface area contributed by atoms with Crippen LogP contribution in [0.5, 0.6) is 0 Å². The van der Waals surface area contributed by atoms with Gasteiger partial charge in [0.15, 0.2) is 0 Å². The van der Waals surface area contributed by atoms with Crippen molar-refractivity contribution < 1.29 is 9.32 Å². The molecule has 0 bridgehead atoms. The van der Waals surface area contributed by atoms with Gasteiger partial charge in [0.1, 0.15) is 5.76 Å². The van der Waals surface area contributed by atoms with Crippen LogP contribution >= 0.6 is 0 Å². The fourth-order valence-electron chi connectivity index (χ4n) is 1.99. The van der Waals surface area contributed by atoms with Crippen molar-refractivity contribution in [3.05, 3.63) is 35.0 Å². The molecule has 1 atom stereocenters. The van der Waals surface area contributed by atoms with Crippen LogP contribution in [0.1, 0.15) is 42.0 Å². The lowest BCUT2D eigenvalue weighted by Crippen LogP contribution is -2.26. The highest BCUT2D eigenvalue weighted by Crippen LogP contribution is 2.15. The summed E-state index contributed by atoms with van der Waals surface area (Å²) in [7, 11) is 0. The van der Waals surface area contributed by atoms with Gasteiger partial charge in [-0.2, -0.15) is 5.10 Å². The Bertz CT molecular complexity index is 525. The third-order valence-corrected chi connectivity index (χ3v) is 3.18. The number of amides is 1. The molecule has 2 aromatic rings. The molecule has 2 heterocycles. The molecule has 2 N–H and O–H groups in total. The van der Waals surface area contributed by atoms with E-state index in [-0.39, 0.29) is 11.9 Å². The van der Waals surface area contributed by atoms with Gasteiger partial charge in [0.25, 0.3) is 0 Å². The maximum atomic E-state index is 11.9.